The molecule has 0 radical (unpaired) electrons. The summed E-state index contributed by atoms with van der Waals surface area (Å²) >= 11 is 0. The van der Waals surface area contributed by atoms with E-state index in [4.69, 9.17) is 9.16 Å². The lowest BCUT2D eigenvalue weighted by Gasteiger charge is -2.44. The standard InChI is InChI=1S/C25H34O4Si/c1-25(2,3)30(21-13-6-4-7-14-21,22-15-8-5-9-16-22)28-19-20-12-10-11-17-23(27)24(18-26)29-20/h4-11,13-16,20,23-24,26-27H,12,17-19H2,1-3H3/b11-10-/t20-,23-,24-/m1/s1. The Bertz CT molecular complexity index is 761. The van der Waals surface area contributed by atoms with Crippen LogP contribution in [0.3, 0.4) is 0 Å². The van der Waals surface area contributed by atoms with Gasteiger partial charge in [0.05, 0.1) is 25.4 Å². The molecule has 2 aromatic rings. The Kier molecular flexibility index (Phi) is 7.66. The zero-order chi connectivity index (χ0) is 21.6. The zero-order valence-corrected chi connectivity index (χ0v) is 19.2. The molecule has 0 bridgehead atoms. The molecule has 3 atom stereocenters. The van der Waals surface area contributed by atoms with Gasteiger partial charge >= 0.3 is 0 Å². The van der Waals surface area contributed by atoms with E-state index >= 15 is 0 Å². The third-order valence-corrected chi connectivity index (χ3v) is 10.8. The Morgan fingerprint density at radius 2 is 1.47 bits per heavy atom. The largest absolute Gasteiger partial charge is 0.405 e. The van der Waals surface area contributed by atoms with Crippen molar-refractivity contribution >= 4 is 18.7 Å². The van der Waals surface area contributed by atoms with E-state index < -0.39 is 20.5 Å². The maximum atomic E-state index is 10.2. The minimum atomic E-state index is -2.64. The summed E-state index contributed by atoms with van der Waals surface area (Å²) in [6.45, 7) is 6.95. The van der Waals surface area contributed by atoms with Crippen molar-refractivity contribution in [3.63, 3.8) is 0 Å². The zero-order valence-electron chi connectivity index (χ0n) is 18.2. The first-order chi connectivity index (χ1) is 14.4. The van der Waals surface area contributed by atoms with Crippen molar-refractivity contribution in [2.45, 2.75) is 57.0 Å². The van der Waals surface area contributed by atoms with Crippen molar-refractivity contribution in [3.05, 3.63) is 72.8 Å². The lowest BCUT2D eigenvalue weighted by atomic mass is 10.1. The molecule has 0 amide bonds. The molecule has 2 aromatic carbocycles. The fraction of sp³-hybridized carbons (Fsp3) is 0.440. The molecule has 0 saturated heterocycles. The summed E-state index contributed by atoms with van der Waals surface area (Å²) in [4.78, 5) is 0. The van der Waals surface area contributed by atoms with E-state index in [2.05, 4.69) is 69.3 Å². The molecule has 1 aliphatic heterocycles. The minimum absolute atomic E-state index is 0.108. The van der Waals surface area contributed by atoms with Crippen molar-refractivity contribution in [1.29, 1.82) is 0 Å². The third-order valence-electron chi connectivity index (χ3n) is 5.82. The van der Waals surface area contributed by atoms with Gasteiger partial charge < -0.3 is 19.4 Å². The van der Waals surface area contributed by atoms with Gasteiger partial charge in [-0.3, -0.25) is 0 Å². The second-order valence-corrected chi connectivity index (χ2v) is 13.3. The van der Waals surface area contributed by atoms with Crippen LogP contribution in [0.2, 0.25) is 5.04 Å². The van der Waals surface area contributed by atoms with Crippen LogP contribution in [0.25, 0.3) is 0 Å². The van der Waals surface area contributed by atoms with E-state index in [0.29, 0.717) is 19.4 Å². The lowest BCUT2D eigenvalue weighted by molar-refractivity contribution is -0.108. The molecule has 162 valence electrons. The van der Waals surface area contributed by atoms with E-state index in [1.807, 2.05) is 24.3 Å². The molecule has 1 aliphatic rings. The predicted octanol–water partition coefficient (Wildman–Crippen LogP) is 3.02. The van der Waals surface area contributed by atoms with Crippen molar-refractivity contribution in [2.24, 2.45) is 0 Å². The van der Waals surface area contributed by atoms with Gasteiger partial charge in [-0.2, -0.15) is 0 Å². The van der Waals surface area contributed by atoms with Crippen molar-refractivity contribution in [1.82, 2.24) is 0 Å². The molecular weight excluding hydrogens is 392 g/mol. The number of aliphatic hydroxyl groups is 2. The molecule has 3 rings (SSSR count). The van der Waals surface area contributed by atoms with Crippen LogP contribution in [0.5, 0.6) is 0 Å². The normalized spacial score (nSPS) is 24.1. The molecule has 30 heavy (non-hydrogen) atoms. The van der Waals surface area contributed by atoms with Gasteiger partial charge in [-0.05, 0) is 28.3 Å². The molecule has 1 heterocycles. The highest BCUT2D eigenvalue weighted by Gasteiger charge is 2.50. The van der Waals surface area contributed by atoms with Crippen LogP contribution in [-0.2, 0) is 9.16 Å². The van der Waals surface area contributed by atoms with Crippen LogP contribution in [0.4, 0.5) is 0 Å². The highest BCUT2D eigenvalue weighted by Crippen LogP contribution is 2.37. The van der Waals surface area contributed by atoms with E-state index in [1.54, 1.807) is 0 Å². The Hall–Kier alpha value is -1.76. The minimum Gasteiger partial charge on any atom is -0.405 e. The Balaban J connectivity index is 1.97. The molecule has 0 saturated carbocycles. The summed E-state index contributed by atoms with van der Waals surface area (Å²) in [5, 5.41) is 22.2. The first-order valence-electron chi connectivity index (χ1n) is 10.7. The smallest absolute Gasteiger partial charge is 0.261 e. The molecule has 0 aromatic heterocycles. The highest BCUT2D eigenvalue weighted by molar-refractivity contribution is 6.99. The number of benzene rings is 2. The average Bonchev–Trinajstić information content (AvgIpc) is 2.73. The first kappa shape index (κ1) is 22.9. The number of hydrogen-bond donors (Lipinski definition) is 2. The quantitative estimate of drug-likeness (QED) is 0.551. The van der Waals surface area contributed by atoms with Crippen LogP contribution >= 0.6 is 0 Å². The molecule has 0 spiro atoms. The number of hydrogen-bond acceptors (Lipinski definition) is 4. The molecule has 0 unspecified atom stereocenters. The average molecular weight is 427 g/mol. The van der Waals surface area contributed by atoms with E-state index in [0.717, 1.165) is 0 Å². The van der Waals surface area contributed by atoms with Gasteiger partial charge in [-0.1, -0.05) is 93.6 Å². The van der Waals surface area contributed by atoms with Crippen LogP contribution in [-0.4, -0.2) is 50.1 Å². The fourth-order valence-electron chi connectivity index (χ4n) is 4.28. The molecular formula is C25H34O4Si. The van der Waals surface area contributed by atoms with Gasteiger partial charge in [0.25, 0.3) is 8.32 Å². The second-order valence-electron chi connectivity index (χ2n) is 8.96. The SMILES string of the molecule is CC(C)(C)[Si](OC[C@H]1C/C=C\C[C@@H](O)[C@@H](CO)O1)(c1ccccc1)c1ccccc1. The van der Waals surface area contributed by atoms with Crippen molar-refractivity contribution < 1.29 is 19.4 Å². The summed E-state index contributed by atoms with van der Waals surface area (Å²) in [7, 11) is -2.64. The van der Waals surface area contributed by atoms with Gasteiger partial charge in [0.1, 0.15) is 6.10 Å². The molecule has 5 heteroatoms. The summed E-state index contributed by atoms with van der Waals surface area (Å²) in [5.41, 5.74) is 0. The van der Waals surface area contributed by atoms with Crippen LogP contribution in [0.15, 0.2) is 72.8 Å². The molecule has 2 N–H and O–H groups in total. The topological polar surface area (TPSA) is 58.9 Å². The van der Waals surface area contributed by atoms with Gasteiger partial charge in [-0.15, -0.1) is 0 Å². The summed E-state index contributed by atoms with van der Waals surface area (Å²) in [6.07, 6.45) is 3.66. The Morgan fingerprint density at radius 1 is 0.933 bits per heavy atom. The third kappa shape index (κ3) is 4.93. The summed E-state index contributed by atoms with van der Waals surface area (Å²) < 4.78 is 13.0. The molecule has 4 nitrogen and oxygen atoms in total. The van der Waals surface area contributed by atoms with Gasteiger partial charge in [0.15, 0.2) is 0 Å². The fourth-order valence-corrected chi connectivity index (χ4v) is 8.87. The maximum Gasteiger partial charge on any atom is 0.261 e. The summed E-state index contributed by atoms with van der Waals surface area (Å²) in [6, 6.07) is 21.0. The van der Waals surface area contributed by atoms with Crippen LogP contribution < -0.4 is 10.4 Å². The number of ether oxygens (including phenoxy) is 1. The summed E-state index contributed by atoms with van der Waals surface area (Å²) in [5.74, 6) is 0. The predicted molar refractivity (Wildman–Crippen MR) is 124 cm³/mol. The monoisotopic (exact) mass is 426 g/mol. The van der Waals surface area contributed by atoms with Gasteiger partial charge in [0, 0.05) is 0 Å². The lowest BCUT2D eigenvalue weighted by Crippen LogP contribution is -2.67. The highest BCUT2D eigenvalue weighted by atomic mass is 28.4. The first-order valence-corrected chi connectivity index (χ1v) is 12.6. The van der Waals surface area contributed by atoms with Crippen LogP contribution in [0, 0.1) is 0 Å². The van der Waals surface area contributed by atoms with E-state index in [1.165, 1.54) is 10.4 Å². The van der Waals surface area contributed by atoms with E-state index in [9.17, 15) is 10.2 Å². The maximum absolute atomic E-state index is 10.2. The molecule has 0 aliphatic carbocycles. The Labute approximate surface area is 181 Å². The van der Waals surface area contributed by atoms with Gasteiger partial charge in [0.2, 0.25) is 0 Å². The number of rotatable bonds is 6. The second kappa shape index (κ2) is 10.0. The van der Waals surface area contributed by atoms with Crippen molar-refractivity contribution in [2.75, 3.05) is 13.2 Å². The molecule has 0 fully saturated rings. The number of aliphatic hydroxyl groups excluding tert-OH is 2. The van der Waals surface area contributed by atoms with Crippen LogP contribution in [0.1, 0.15) is 33.6 Å². The van der Waals surface area contributed by atoms with Crippen molar-refractivity contribution in [3.8, 4) is 0 Å². The Morgan fingerprint density at radius 3 is 1.97 bits per heavy atom. The van der Waals surface area contributed by atoms with Gasteiger partial charge in [-0.25, -0.2) is 0 Å². The van der Waals surface area contributed by atoms with E-state index in [-0.39, 0.29) is 17.7 Å².